The van der Waals surface area contributed by atoms with Gasteiger partial charge in [0.05, 0.1) is 23.8 Å². The van der Waals surface area contributed by atoms with Gasteiger partial charge in [-0.2, -0.15) is 15.0 Å². The summed E-state index contributed by atoms with van der Waals surface area (Å²) in [6.45, 7) is 0. The number of anilines is 1. The van der Waals surface area contributed by atoms with Gasteiger partial charge in [0.15, 0.2) is 5.82 Å². The second-order valence-corrected chi connectivity index (χ2v) is 8.02. The molecule has 3 aromatic rings. The Morgan fingerprint density at radius 2 is 1.79 bits per heavy atom. The second kappa shape index (κ2) is 7.44. The molecule has 4 heterocycles. The van der Waals surface area contributed by atoms with E-state index < -0.39 is 0 Å². The monoisotopic (exact) mass is 391 g/mol. The number of phenolic OH excluding ortho intramolecular Hbond substituents is 1. The van der Waals surface area contributed by atoms with E-state index in [0.717, 1.165) is 18.7 Å². The van der Waals surface area contributed by atoms with E-state index in [1.54, 1.807) is 18.5 Å². The van der Waals surface area contributed by atoms with Gasteiger partial charge in [0.2, 0.25) is 0 Å². The number of piperidine rings is 2. The van der Waals surface area contributed by atoms with Gasteiger partial charge >= 0.3 is 0 Å². The van der Waals surface area contributed by atoms with Gasteiger partial charge < -0.3 is 15.3 Å². The highest BCUT2D eigenvalue weighted by Gasteiger charge is 2.33. The van der Waals surface area contributed by atoms with Crippen LogP contribution in [0.3, 0.4) is 0 Å². The van der Waals surface area contributed by atoms with E-state index in [0.29, 0.717) is 35.1 Å². The van der Waals surface area contributed by atoms with Crippen LogP contribution >= 0.6 is 0 Å². The molecule has 2 bridgehead atoms. The van der Waals surface area contributed by atoms with Gasteiger partial charge in [-0.15, -0.1) is 10.2 Å². The highest BCUT2D eigenvalue weighted by molar-refractivity contribution is 5.68. The number of rotatable bonds is 4. The summed E-state index contributed by atoms with van der Waals surface area (Å²) in [7, 11) is 2.11. The number of hydrogen-bond acceptors (Lipinski definition) is 7. The van der Waals surface area contributed by atoms with E-state index in [4.69, 9.17) is 0 Å². The lowest BCUT2D eigenvalue weighted by molar-refractivity contribution is 0.219. The number of aromatic hydroxyl groups is 1. The maximum absolute atomic E-state index is 10.5. The van der Waals surface area contributed by atoms with Crippen molar-refractivity contribution in [1.82, 2.24) is 30.5 Å². The lowest BCUT2D eigenvalue weighted by Gasteiger charge is -2.43. The molecule has 8 nitrogen and oxygen atoms in total. The lowest BCUT2D eigenvalue weighted by atomic mass is 9.83. The minimum Gasteiger partial charge on any atom is -0.507 e. The van der Waals surface area contributed by atoms with Crippen LogP contribution in [-0.4, -0.2) is 55.5 Å². The van der Waals surface area contributed by atoms with Crippen molar-refractivity contribution in [2.24, 2.45) is 0 Å². The SMILES string of the molecule is CN(c1ccc(-c2ccc(-n3nccn3)cc2O)nn1)C1CC2CCCC(C1)N2. The highest BCUT2D eigenvalue weighted by atomic mass is 16.3. The van der Waals surface area contributed by atoms with Gasteiger partial charge in [0, 0.05) is 36.8 Å². The van der Waals surface area contributed by atoms with E-state index in [-0.39, 0.29) is 5.75 Å². The largest absolute Gasteiger partial charge is 0.507 e. The molecule has 2 unspecified atom stereocenters. The van der Waals surface area contributed by atoms with Crippen molar-refractivity contribution in [2.75, 3.05) is 11.9 Å². The van der Waals surface area contributed by atoms with Crippen LogP contribution in [0.15, 0.2) is 42.7 Å². The van der Waals surface area contributed by atoms with Crippen molar-refractivity contribution < 1.29 is 5.11 Å². The molecule has 0 saturated carbocycles. The number of fused-ring (bicyclic) bond motifs is 2. The highest BCUT2D eigenvalue weighted by Crippen LogP contribution is 2.32. The molecule has 5 rings (SSSR count). The molecule has 0 radical (unpaired) electrons. The Kier molecular flexibility index (Phi) is 4.63. The van der Waals surface area contributed by atoms with Crippen LogP contribution in [0, 0.1) is 0 Å². The average molecular weight is 391 g/mol. The molecule has 2 N–H and O–H groups in total. The first kappa shape index (κ1) is 18.1. The number of aromatic nitrogens is 5. The summed E-state index contributed by atoms with van der Waals surface area (Å²) in [6.07, 6.45) is 9.39. The van der Waals surface area contributed by atoms with Gasteiger partial charge in [-0.25, -0.2) is 0 Å². The zero-order chi connectivity index (χ0) is 19.8. The zero-order valence-corrected chi connectivity index (χ0v) is 16.4. The fourth-order valence-corrected chi connectivity index (χ4v) is 4.61. The normalized spacial score (nSPS) is 23.7. The zero-order valence-electron chi connectivity index (χ0n) is 16.4. The Morgan fingerprint density at radius 3 is 2.45 bits per heavy atom. The summed E-state index contributed by atoms with van der Waals surface area (Å²) in [4.78, 5) is 3.72. The molecule has 0 amide bonds. The van der Waals surface area contributed by atoms with Crippen molar-refractivity contribution in [3.63, 3.8) is 0 Å². The predicted octanol–water partition coefficient (Wildman–Crippen LogP) is 2.54. The van der Waals surface area contributed by atoms with Crippen LogP contribution in [0.1, 0.15) is 32.1 Å². The molecule has 2 fully saturated rings. The van der Waals surface area contributed by atoms with Crippen molar-refractivity contribution in [1.29, 1.82) is 0 Å². The van der Waals surface area contributed by atoms with Gasteiger partial charge in [0.1, 0.15) is 5.75 Å². The Labute approximate surface area is 169 Å². The molecule has 150 valence electrons. The molecular weight excluding hydrogens is 366 g/mol. The van der Waals surface area contributed by atoms with Gasteiger partial charge in [-0.3, -0.25) is 0 Å². The molecule has 0 aliphatic carbocycles. The Bertz CT molecular complexity index is 961. The minimum atomic E-state index is 0.126. The first-order valence-corrected chi connectivity index (χ1v) is 10.2. The molecule has 2 saturated heterocycles. The molecule has 1 aromatic carbocycles. The fraction of sp³-hybridized carbons (Fsp3) is 0.429. The number of nitrogens with one attached hydrogen (secondary N) is 1. The maximum Gasteiger partial charge on any atom is 0.151 e. The van der Waals surface area contributed by atoms with Crippen LogP contribution < -0.4 is 10.2 Å². The third-order valence-electron chi connectivity index (χ3n) is 6.16. The van der Waals surface area contributed by atoms with Crippen LogP contribution in [-0.2, 0) is 0 Å². The lowest BCUT2D eigenvalue weighted by Crippen LogP contribution is -2.54. The first-order chi connectivity index (χ1) is 14.2. The minimum absolute atomic E-state index is 0.126. The summed E-state index contributed by atoms with van der Waals surface area (Å²) in [5.41, 5.74) is 1.97. The van der Waals surface area contributed by atoms with Crippen LogP contribution in [0.2, 0.25) is 0 Å². The third-order valence-corrected chi connectivity index (χ3v) is 6.16. The number of phenols is 1. The Balaban J connectivity index is 1.33. The van der Waals surface area contributed by atoms with E-state index >= 15 is 0 Å². The summed E-state index contributed by atoms with van der Waals surface area (Å²) in [5.74, 6) is 0.997. The van der Waals surface area contributed by atoms with Crippen LogP contribution in [0.5, 0.6) is 5.75 Å². The molecule has 2 aromatic heterocycles. The predicted molar refractivity (Wildman–Crippen MR) is 110 cm³/mol. The molecule has 8 heteroatoms. The molecule has 29 heavy (non-hydrogen) atoms. The van der Waals surface area contributed by atoms with E-state index in [9.17, 15) is 5.11 Å². The number of hydrogen-bond donors (Lipinski definition) is 2. The summed E-state index contributed by atoms with van der Waals surface area (Å²) < 4.78 is 0. The number of benzene rings is 1. The molecule has 0 spiro atoms. The van der Waals surface area contributed by atoms with Crippen molar-refractivity contribution in [2.45, 2.75) is 50.2 Å². The molecular formula is C21H25N7O. The molecule has 2 aliphatic rings. The van der Waals surface area contributed by atoms with Crippen LogP contribution in [0.4, 0.5) is 5.82 Å². The average Bonchev–Trinajstić information content (AvgIpc) is 3.28. The maximum atomic E-state index is 10.5. The van der Waals surface area contributed by atoms with E-state index in [2.05, 4.69) is 37.7 Å². The molecule has 2 aliphatic heterocycles. The van der Waals surface area contributed by atoms with Crippen molar-refractivity contribution in [3.05, 3.63) is 42.7 Å². The smallest absolute Gasteiger partial charge is 0.151 e. The first-order valence-electron chi connectivity index (χ1n) is 10.2. The van der Waals surface area contributed by atoms with Crippen molar-refractivity contribution >= 4 is 5.82 Å². The van der Waals surface area contributed by atoms with E-state index in [1.807, 2.05) is 24.3 Å². The Morgan fingerprint density at radius 1 is 1.03 bits per heavy atom. The standard InChI is InChI=1S/C21H25N7O/c1-27(17-11-14-3-2-4-15(12-17)24-14)21-8-7-19(25-26-21)18-6-5-16(13-20(18)29)28-22-9-10-23-28/h5-10,13-15,17,24,29H,2-4,11-12H2,1H3. The quantitative estimate of drug-likeness (QED) is 0.706. The van der Waals surface area contributed by atoms with Gasteiger partial charge in [-0.1, -0.05) is 6.42 Å². The second-order valence-electron chi connectivity index (χ2n) is 8.02. The van der Waals surface area contributed by atoms with Crippen LogP contribution in [0.25, 0.3) is 16.9 Å². The van der Waals surface area contributed by atoms with E-state index in [1.165, 1.54) is 24.1 Å². The fourth-order valence-electron chi connectivity index (χ4n) is 4.61. The Hall–Kier alpha value is -3.00. The van der Waals surface area contributed by atoms with Gasteiger partial charge in [-0.05, 0) is 49.9 Å². The topological polar surface area (TPSA) is 92.0 Å². The summed E-state index contributed by atoms with van der Waals surface area (Å²) >= 11 is 0. The third kappa shape index (κ3) is 3.55. The summed E-state index contributed by atoms with van der Waals surface area (Å²) in [5, 5.41) is 31.2. The van der Waals surface area contributed by atoms with Gasteiger partial charge in [0.25, 0.3) is 0 Å². The number of nitrogens with zero attached hydrogens (tertiary/aromatic N) is 6. The summed E-state index contributed by atoms with van der Waals surface area (Å²) in [6, 6.07) is 10.9. The van der Waals surface area contributed by atoms with Crippen molar-refractivity contribution in [3.8, 4) is 22.7 Å². The molecule has 2 atom stereocenters.